The number of hydrazine groups is 1. The lowest BCUT2D eigenvalue weighted by Crippen LogP contribution is -2.31. The van der Waals surface area contributed by atoms with E-state index in [1.54, 1.807) is 49.2 Å². The van der Waals surface area contributed by atoms with Crippen LogP contribution in [-0.2, 0) is 9.84 Å². The maximum Gasteiger partial charge on any atom is 0.254 e. The molecule has 1 aliphatic heterocycles. The Morgan fingerprint density at radius 2 is 1.88 bits per heavy atom. The molecule has 174 valence electrons. The zero-order chi connectivity index (χ0) is 23.1. The number of unbranched alkanes of at least 4 members (excludes halogenated alkanes) is 2. The number of carbonyl (C=O) groups excluding carboxylic acids is 1. The van der Waals surface area contributed by atoms with Gasteiger partial charge in [-0.15, -0.1) is 0 Å². The summed E-state index contributed by atoms with van der Waals surface area (Å²) in [6.45, 7) is 2.15. The van der Waals surface area contributed by atoms with Crippen molar-refractivity contribution in [3.8, 4) is 0 Å². The molecule has 0 bridgehead atoms. The van der Waals surface area contributed by atoms with Gasteiger partial charge in [-0.3, -0.25) is 15.6 Å². The van der Waals surface area contributed by atoms with Crippen molar-refractivity contribution < 1.29 is 17.6 Å². The van der Waals surface area contributed by atoms with E-state index in [1.807, 2.05) is 6.07 Å². The second-order valence-electron chi connectivity index (χ2n) is 8.30. The largest absolute Gasteiger partial charge is 0.342 e. The topological polar surface area (TPSA) is 78.5 Å². The van der Waals surface area contributed by atoms with E-state index in [9.17, 15) is 17.6 Å². The highest BCUT2D eigenvalue weighted by Crippen LogP contribution is 2.25. The predicted molar refractivity (Wildman–Crippen MR) is 123 cm³/mol. The van der Waals surface area contributed by atoms with Crippen LogP contribution in [0.5, 0.6) is 0 Å². The second-order valence-corrected chi connectivity index (χ2v) is 10.6. The van der Waals surface area contributed by atoms with Crippen LogP contribution in [0.1, 0.15) is 61.0 Å². The standard InChI is InChI=1S/C24H32FN3O3S/c1-3-32(30,31)23-14-7-6-13-21(23)24(29)28(2)15-8-4-5-12-20-17-22(27-26-20)18-10-9-11-19(25)16-18/h6-7,9-11,13-14,16,20,22,26-27H,3-5,8,12,15,17H2,1-2H3. The molecular formula is C24H32FN3O3S. The van der Waals surface area contributed by atoms with E-state index in [0.29, 0.717) is 12.6 Å². The zero-order valence-corrected chi connectivity index (χ0v) is 19.5. The normalized spacial score (nSPS) is 18.6. The maximum absolute atomic E-state index is 13.4. The first-order chi connectivity index (χ1) is 15.3. The van der Waals surface area contributed by atoms with E-state index < -0.39 is 9.84 Å². The third kappa shape index (κ3) is 6.15. The van der Waals surface area contributed by atoms with E-state index in [1.165, 1.54) is 12.1 Å². The molecule has 0 aromatic heterocycles. The number of rotatable bonds is 10. The van der Waals surface area contributed by atoms with Crippen molar-refractivity contribution in [2.24, 2.45) is 0 Å². The molecule has 8 heteroatoms. The van der Waals surface area contributed by atoms with E-state index in [2.05, 4.69) is 10.9 Å². The summed E-state index contributed by atoms with van der Waals surface area (Å²) in [6, 6.07) is 13.5. The molecule has 1 aliphatic rings. The fourth-order valence-corrected chi connectivity index (χ4v) is 5.13. The molecule has 2 N–H and O–H groups in total. The molecule has 32 heavy (non-hydrogen) atoms. The highest BCUT2D eigenvalue weighted by molar-refractivity contribution is 7.91. The Morgan fingerprint density at radius 3 is 2.62 bits per heavy atom. The van der Waals surface area contributed by atoms with Gasteiger partial charge in [-0.1, -0.05) is 44.0 Å². The Kier molecular flexibility index (Phi) is 8.39. The molecule has 2 unspecified atom stereocenters. The van der Waals surface area contributed by atoms with Crippen molar-refractivity contribution in [1.29, 1.82) is 0 Å². The van der Waals surface area contributed by atoms with Gasteiger partial charge in [-0.25, -0.2) is 12.8 Å². The quantitative estimate of drug-likeness (QED) is 0.526. The minimum Gasteiger partial charge on any atom is -0.342 e. The van der Waals surface area contributed by atoms with Crippen molar-refractivity contribution in [3.05, 3.63) is 65.5 Å². The number of hydrogen-bond acceptors (Lipinski definition) is 5. The van der Waals surface area contributed by atoms with Crippen LogP contribution in [0.25, 0.3) is 0 Å². The van der Waals surface area contributed by atoms with E-state index in [0.717, 1.165) is 37.7 Å². The summed E-state index contributed by atoms with van der Waals surface area (Å²) in [6.07, 6.45) is 4.73. The lowest BCUT2D eigenvalue weighted by atomic mass is 9.99. The van der Waals surface area contributed by atoms with Crippen LogP contribution in [0, 0.1) is 5.82 Å². The summed E-state index contributed by atoms with van der Waals surface area (Å²) in [4.78, 5) is 14.5. The summed E-state index contributed by atoms with van der Waals surface area (Å²) in [7, 11) is -1.74. The summed E-state index contributed by atoms with van der Waals surface area (Å²) < 4.78 is 38.0. The number of hydrogen-bond donors (Lipinski definition) is 2. The van der Waals surface area contributed by atoms with Crippen LogP contribution in [0.3, 0.4) is 0 Å². The Balaban J connectivity index is 1.42. The van der Waals surface area contributed by atoms with Gasteiger partial charge in [0.15, 0.2) is 9.84 Å². The Labute approximate surface area is 190 Å². The number of halogens is 1. The molecule has 6 nitrogen and oxygen atoms in total. The second kappa shape index (κ2) is 11.0. The minimum absolute atomic E-state index is 0.0366. The van der Waals surface area contributed by atoms with Gasteiger partial charge >= 0.3 is 0 Å². The summed E-state index contributed by atoms with van der Waals surface area (Å²) in [5, 5.41) is 0. The van der Waals surface area contributed by atoms with Gasteiger partial charge in [-0.2, -0.15) is 0 Å². The van der Waals surface area contributed by atoms with Crippen molar-refractivity contribution in [3.63, 3.8) is 0 Å². The van der Waals surface area contributed by atoms with E-state index in [4.69, 9.17) is 0 Å². The third-order valence-electron chi connectivity index (χ3n) is 5.96. The van der Waals surface area contributed by atoms with E-state index in [-0.39, 0.29) is 34.0 Å². The average Bonchev–Trinajstić information content (AvgIpc) is 3.27. The molecule has 3 rings (SSSR count). The minimum atomic E-state index is -3.45. The zero-order valence-electron chi connectivity index (χ0n) is 18.7. The molecule has 1 amide bonds. The third-order valence-corrected chi connectivity index (χ3v) is 7.74. The number of nitrogens with zero attached hydrogens (tertiary/aromatic N) is 1. The molecule has 1 fully saturated rings. The van der Waals surface area contributed by atoms with Crippen LogP contribution >= 0.6 is 0 Å². The molecule has 2 aromatic rings. The lowest BCUT2D eigenvalue weighted by Gasteiger charge is -2.19. The van der Waals surface area contributed by atoms with Gasteiger partial charge in [0.2, 0.25) is 0 Å². The highest BCUT2D eigenvalue weighted by atomic mass is 32.2. The number of nitrogens with one attached hydrogen (secondary N) is 2. The van der Waals surface area contributed by atoms with Gasteiger partial charge < -0.3 is 4.90 Å². The Morgan fingerprint density at radius 1 is 1.09 bits per heavy atom. The Hall–Kier alpha value is -2.29. The average molecular weight is 462 g/mol. The van der Waals surface area contributed by atoms with Crippen molar-refractivity contribution in [2.75, 3.05) is 19.3 Å². The molecule has 0 saturated carbocycles. The van der Waals surface area contributed by atoms with Gasteiger partial charge in [0, 0.05) is 25.7 Å². The smallest absolute Gasteiger partial charge is 0.254 e. The lowest BCUT2D eigenvalue weighted by molar-refractivity contribution is 0.0788. The van der Waals surface area contributed by atoms with E-state index >= 15 is 0 Å². The first kappa shape index (κ1) is 24.4. The van der Waals surface area contributed by atoms with Crippen LogP contribution in [0.15, 0.2) is 53.4 Å². The summed E-state index contributed by atoms with van der Waals surface area (Å²) in [5.41, 5.74) is 7.73. The molecule has 2 atom stereocenters. The van der Waals surface area contributed by atoms with Crippen molar-refractivity contribution in [2.45, 2.75) is 56.0 Å². The fourth-order valence-electron chi connectivity index (χ4n) is 4.05. The summed E-state index contributed by atoms with van der Waals surface area (Å²) >= 11 is 0. The maximum atomic E-state index is 13.4. The highest BCUT2D eigenvalue weighted by Gasteiger charge is 2.25. The van der Waals surface area contributed by atoms with Crippen LogP contribution in [0.2, 0.25) is 0 Å². The molecule has 0 radical (unpaired) electrons. The molecule has 1 saturated heterocycles. The van der Waals surface area contributed by atoms with Crippen molar-refractivity contribution in [1.82, 2.24) is 15.8 Å². The van der Waals surface area contributed by atoms with Crippen LogP contribution < -0.4 is 10.9 Å². The Bertz CT molecular complexity index is 1030. The molecule has 0 spiro atoms. The van der Waals surface area contributed by atoms with Gasteiger partial charge in [0.1, 0.15) is 5.82 Å². The first-order valence-electron chi connectivity index (χ1n) is 11.2. The number of carbonyl (C=O) groups is 1. The van der Waals surface area contributed by atoms with Crippen LogP contribution in [-0.4, -0.2) is 44.6 Å². The fraction of sp³-hybridized carbons (Fsp3) is 0.458. The van der Waals surface area contributed by atoms with Gasteiger partial charge in [0.25, 0.3) is 5.91 Å². The first-order valence-corrected chi connectivity index (χ1v) is 12.8. The molecule has 2 aromatic carbocycles. The molecule has 0 aliphatic carbocycles. The number of sulfone groups is 1. The SMILES string of the molecule is CCS(=O)(=O)c1ccccc1C(=O)N(C)CCCCCC1CC(c2cccc(F)c2)NN1. The number of amides is 1. The van der Waals surface area contributed by atoms with Crippen LogP contribution in [0.4, 0.5) is 4.39 Å². The predicted octanol–water partition coefficient (Wildman–Crippen LogP) is 3.86. The van der Waals surface area contributed by atoms with Gasteiger partial charge in [-0.05, 0) is 49.1 Å². The monoisotopic (exact) mass is 461 g/mol. The number of benzene rings is 2. The molecule has 1 heterocycles. The summed E-state index contributed by atoms with van der Waals surface area (Å²) in [5.74, 6) is -0.524. The molecular weight excluding hydrogens is 429 g/mol. The van der Waals surface area contributed by atoms with Crippen molar-refractivity contribution >= 4 is 15.7 Å². The van der Waals surface area contributed by atoms with Gasteiger partial charge in [0.05, 0.1) is 16.2 Å².